The van der Waals surface area contributed by atoms with Crippen LogP contribution in [0.25, 0.3) is 0 Å². The highest BCUT2D eigenvalue weighted by atomic mass is 16.5. The van der Waals surface area contributed by atoms with Crippen LogP contribution in [0.15, 0.2) is 30.3 Å². The third kappa shape index (κ3) is 2.90. The quantitative estimate of drug-likeness (QED) is 0.856. The third-order valence-electron chi connectivity index (χ3n) is 5.17. The van der Waals surface area contributed by atoms with Crippen molar-refractivity contribution in [2.45, 2.75) is 43.9 Å². The van der Waals surface area contributed by atoms with Crippen molar-refractivity contribution in [1.82, 2.24) is 9.80 Å². The third-order valence-corrected chi connectivity index (χ3v) is 5.17. The van der Waals surface area contributed by atoms with E-state index in [0.717, 1.165) is 31.5 Å². The van der Waals surface area contributed by atoms with Crippen LogP contribution in [0.5, 0.6) is 0 Å². The van der Waals surface area contributed by atoms with Crippen LogP contribution in [0.2, 0.25) is 0 Å². The normalized spacial score (nSPS) is 27.3. The Morgan fingerprint density at radius 3 is 2.45 bits per heavy atom. The summed E-state index contributed by atoms with van der Waals surface area (Å²) in [4.78, 5) is 17.5. The van der Waals surface area contributed by atoms with Crippen molar-refractivity contribution >= 4 is 5.91 Å². The number of rotatable bonds is 4. The summed E-state index contributed by atoms with van der Waals surface area (Å²) >= 11 is 0. The number of methoxy groups -OCH3 is 1. The number of hydrogen-bond acceptors (Lipinski definition) is 3. The standard InChI is InChI=1S/C18H26N2O2/c1-19-12-6-10-15(19)16-11-7-13-20(16)18(21)17(22-2)14-8-4-3-5-9-14/h3-5,8-9,15-17H,6-7,10-13H2,1-2H3/t15-,16-,17+/m1/s1. The number of likely N-dealkylation sites (N-methyl/N-ethyl adjacent to an activating group) is 1. The molecule has 0 N–H and O–H groups in total. The number of likely N-dealkylation sites (tertiary alicyclic amines) is 2. The second-order valence-electron chi connectivity index (χ2n) is 6.46. The van der Waals surface area contributed by atoms with Gasteiger partial charge in [-0.3, -0.25) is 4.79 Å². The Kier molecular flexibility index (Phi) is 4.79. The molecule has 0 spiro atoms. The second kappa shape index (κ2) is 6.80. The first-order valence-electron chi connectivity index (χ1n) is 8.31. The average molecular weight is 302 g/mol. The molecule has 22 heavy (non-hydrogen) atoms. The lowest BCUT2D eigenvalue weighted by Crippen LogP contribution is -2.48. The monoisotopic (exact) mass is 302 g/mol. The Morgan fingerprint density at radius 2 is 1.82 bits per heavy atom. The molecule has 2 heterocycles. The summed E-state index contributed by atoms with van der Waals surface area (Å²) in [5.74, 6) is 0.122. The van der Waals surface area contributed by atoms with Gasteiger partial charge in [0.15, 0.2) is 6.10 Å². The van der Waals surface area contributed by atoms with Gasteiger partial charge in [0.25, 0.3) is 5.91 Å². The summed E-state index contributed by atoms with van der Waals surface area (Å²) in [5, 5.41) is 0. The van der Waals surface area contributed by atoms with E-state index in [1.54, 1.807) is 7.11 Å². The first-order chi connectivity index (χ1) is 10.7. The topological polar surface area (TPSA) is 32.8 Å². The van der Waals surface area contributed by atoms with Crippen LogP contribution in [0.4, 0.5) is 0 Å². The van der Waals surface area contributed by atoms with Crippen LogP contribution in [-0.4, -0.2) is 55.0 Å². The number of amides is 1. The number of carbonyl (C=O) groups excluding carboxylic acids is 1. The smallest absolute Gasteiger partial charge is 0.256 e. The molecule has 0 bridgehead atoms. The van der Waals surface area contributed by atoms with Crippen LogP contribution in [0.3, 0.4) is 0 Å². The molecule has 1 aromatic carbocycles. The lowest BCUT2D eigenvalue weighted by Gasteiger charge is -2.35. The zero-order valence-corrected chi connectivity index (χ0v) is 13.6. The maximum absolute atomic E-state index is 13.0. The van der Waals surface area contributed by atoms with Crippen LogP contribution in [0.1, 0.15) is 37.4 Å². The van der Waals surface area contributed by atoms with E-state index < -0.39 is 6.10 Å². The van der Waals surface area contributed by atoms with Crippen LogP contribution in [0, 0.1) is 0 Å². The molecule has 2 aliphatic heterocycles. The van der Waals surface area contributed by atoms with Gasteiger partial charge in [0, 0.05) is 25.7 Å². The number of ether oxygens (including phenoxy) is 1. The molecule has 4 heteroatoms. The Balaban J connectivity index is 1.77. The SMILES string of the molecule is CO[C@H](C(=O)N1CCC[C@@H]1[C@H]1CCCN1C)c1ccccc1. The van der Waals surface area contributed by atoms with E-state index in [4.69, 9.17) is 4.74 Å². The van der Waals surface area contributed by atoms with Crippen LogP contribution < -0.4 is 0 Å². The van der Waals surface area contributed by atoms with Gasteiger partial charge >= 0.3 is 0 Å². The minimum absolute atomic E-state index is 0.122. The van der Waals surface area contributed by atoms with E-state index in [1.807, 2.05) is 30.3 Å². The van der Waals surface area contributed by atoms with Gasteiger partial charge in [0.2, 0.25) is 0 Å². The van der Waals surface area contributed by atoms with Gasteiger partial charge in [-0.1, -0.05) is 30.3 Å². The first-order valence-corrected chi connectivity index (χ1v) is 8.31. The van der Waals surface area contributed by atoms with E-state index in [1.165, 1.54) is 12.8 Å². The summed E-state index contributed by atoms with van der Waals surface area (Å²) in [6.07, 6.45) is 4.19. The summed E-state index contributed by atoms with van der Waals surface area (Å²) in [6.45, 7) is 2.01. The van der Waals surface area contributed by atoms with Gasteiger partial charge in [-0.05, 0) is 44.8 Å². The fourth-order valence-corrected chi connectivity index (χ4v) is 4.05. The van der Waals surface area contributed by atoms with Crippen molar-refractivity contribution in [1.29, 1.82) is 0 Å². The summed E-state index contributed by atoms with van der Waals surface area (Å²) in [6, 6.07) is 10.7. The van der Waals surface area contributed by atoms with E-state index in [-0.39, 0.29) is 5.91 Å². The van der Waals surface area contributed by atoms with Gasteiger partial charge < -0.3 is 14.5 Å². The molecule has 3 atom stereocenters. The van der Waals surface area contributed by atoms with E-state index >= 15 is 0 Å². The van der Waals surface area contributed by atoms with Gasteiger partial charge in [-0.15, -0.1) is 0 Å². The van der Waals surface area contributed by atoms with E-state index in [2.05, 4.69) is 16.8 Å². The molecule has 3 rings (SSSR count). The molecular weight excluding hydrogens is 276 g/mol. The van der Waals surface area contributed by atoms with Crippen molar-refractivity contribution in [3.8, 4) is 0 Å². The van der Waals surface area contributed by atoms with Crippen LogP contribution >= 0.6 is 0 Å². The average Bonchev–Trinajstić information content (AvgIpc) is 3.17. The molecule has 2 aliphatic rings. The molecule has 2 saturated heterocycles. The highest BCUT2D eigenvalue weighted by Crippen LogP contribution is 2.31. The predicted molar refractivity (Wildman–Crippen MR) is 86.6 cm³/mol. The molecule has 0 aliphatic carbocycles. The van der Waals surface area contributed by atoms with Crippen molar-refractivity contribution in [3.05, 3.63) is 35.9 Å². The first kappa shape index (κ1) is 15.5. The molecule has 2 fully saturated rings. The second-order valence-corrected chi connectivity index (χ2v) is 6.46. The van der Waals surface area contributed by atoms with Crippen molar-refractivity contribution < 1.29 is 9.53 Å². The van der Waals surface area contributed by atoms with Gasteiger partial charge in [0.05, 0.1) is 0 Å². The van der Waals surface area contributed by atoms with Crippen molar-refractivity contribution in [2.24, 2.45) is 0 Å². The maximum Gasteiger partial charge on any atom is 0.256 e. The Labute approximate surface area is 133 Å². The fourth-order valence-electron chi connectivity index (χ4n) is 4.05. The van der Waals surface area contributed by atoms with Gasteiger partial charge in [-0.2, -0.15) is 0 Å². The maximum atomic E-state index is 13.0. The summed E-state index contributed by atoms with van der Waals surface area (Å²) in [5.41, 5.74) is 0.945. The Hall–Kier alpha value is -1.39. The number of benzene rings is 1. The van der Waals surface area contributed by atoms with Gasteiger partial charge in [0.1, 0.15) is 0 Å². The lowest BCUT2D eigenvalue weighted by molar-refractivity contribution is -0.144. The molecule has 1 amide bonds. The minimum Gasteiger partial charge on any atom is -0.367 e. The van der Waals surface area contributed by atoms with E-state index in [9.17, 15) is 4.79 Å². The van der Waals surface area contributed by atoms with Crippen molar-refractivity contribution in [3.63, 3.8) is 0 Å². The Morgan fingerprint density at radius 1 is 1.14 bits per heavy atom. The number of carbonyl (C=O) groups is 1. The predicted octanol–water partition coefficient (Wildman–Crippen LogP) is 2.46. The largest absolute Gasteiger partial charge is 0.367 e. The van der Waals surface area contributed by atoms with Crippen LogP contribution in [-0.2, 0) is 9.53 Å². The zero-order valence-electron chi connectivity index (χ0n) is 13.6. The van der Waals surface area contributed by atoms with Gasteiger partial charge in [-0.25, -0.2) is 0 Å². The molecular formula is C18H26N2O2. The molecule has 4 nitrogen and oxygen atoms in total. The molecule has 1 aromatic rings. The number of nitrogens with zero attached hydrogens (tertiary/aromatic N) is 2. The molecule has 0 unspecified atom stereocenters. The Bertz CT molecular complexity index is 505. The molecule has 0 aromatic heterocycles. The highest BCUT2D eigenvalue weighted by molar-refractivity contribution is 5.83. The minimum atomic E-state index is -0.478. The summed E-state index contributed by atoms with van der Waals surface area (Å²) < 4.78 is 5.54. The molecule has 0 saturated carbocycles. The zero-order chi connectivity index (χ0) is 15.5. The van der Waals surface area contributed by atoms with E-state index in [0.29, 0.717) is 12.1 Å². The molecule has 120 valence electrons. The lowest BCUT2D eigenvalue weighted by atomic mass is 10.0. The highest BCUT2D eigenvalue weighted by Gasteiger charge is 2.40. The van der Waals surface area contributed by atoms with Crippen molar-refractivity contribution in [2.75, 3.05) is 27.2 Å². The summed E-state index contributed by atoms with van der Waals surface area (Å²) in [7, 11) is 3.81. The number of hydrogen-bond donors (Lipinski definition) is 0. The molecule has 0 radical (unpaired) electrons. The fraction of sp³-hybridized carbons (Fsp3) is 0.611.